The number of hydrogen-bond donors (Lipinski definition) is 3. The third-order valence-corrected chi connectivity index (χ3v) is 4.30. The Balaban J connectivity index is 1.68. The van der Waals surface area contributed by atoms with Gasteiger partial charge in [0.15, 0.2) is 0 Å². The smallest absolute Gasteiger partial charge is 0.232 e. The topological polar surface area (TPSA) is 92.7 Å². The molecule has 1 aliphatic rings. The lowest BCUT2D eigenvalue weighted by molar-refractivity contribution is 0.215. The van der Waals surface area contributed by atoms with Crippen molar-refractivity contribution in [3.63, 3.8) is 0 Å². The number of aryl methyl sites for hydroxylation is 1. The minimum Gasteiger partial charge on any atom is -0.472 e. The van der Waals surface area contributed by atoms with Crippen molar-refractivity contribution in [1.82, 2.24) is 30.0 Å². The molecule has 0 radical (unpaired) electrons. The van der Waals surface area contributed by atoms with Crippen LogP contribution in [-0.4, -0.2) is 43.4 Å². The molecule has 0 bridgehead atoms. The molecule has 0 unspecified atom stereocenters. The van der Waals surface area contributed by atoms with Gasteiger partial charge in [-0.1, -0.05) is 11.6 Å². The van der Waals surface area contributed by atoms with Crippen molar-refractivity contribution in [2.24, 2.45) is 7.05 Å². The maximum Gasteiger partial charge on any atom is 0.232 e. The number of ether oxygens (including phenoxy) is 1. The van der Waals surface area contributed by atoms with Crippen LogP contribution in [0.1, 0.15) is 13.3 Å². The monoisotopic (exact) mass is 347 g/mol. The highest BCUT2D eigenvalue weighted by atomic mass is 35.5. The average Bonchev–Trinajstić information content (AvgIpc) is 3.22. The van der Waals surface area contributed by atoms with E-state index >= 15 is 0 Å². The second kappa shape index (κ2) is 5.95. The summed E-state index contributed by atoms with van der Waals surface area (Å²) in [6.45, 7) is 2.93. The molecule has 4 rings (SSSR count). The number of rotatable bonds is 4. The molecule has 1 aliphatic heterocycles. The van der Waals surface area contributed by atoms with Crippen LogP contribution in [0.3, 0.4) is 0 Å². The largest absolute Gasteiger partial charge is 0.472 e. The van der Waals surface area contributed by atoms with Crippen LogP contribution < -0.4 is 15.4 Å². The van der Waals surface area contributed by atoms with Gasteiger partial charge >= 0.3 is 0 Å². The highest BCUT2D eigenvalue weighted by Gasteiger charge is 2.24. The van der Waals surface area contributed by atoms with E-state index in [1.165, 1.54) is 0 Å². The normalized spacial score (nSPS) is 20.6. The third kappa shape index (κ3) is 2.90. The first-order chi connectivity index (χ1) is 11.6. The first-order valence-corrected chi connectivity index (χ1v) is 8.16. The minimum absolute atomic E-state index is 0.0651. The summed E-state index contributed by atoms with van der Waals surface area (Å²) < 4.78 is 7.81. The number of fused-ring (bicyclic) bond motifs is 1. The molecule has 0 aromatic carbocycles. The molecule has 0 amide bonds. The molecular weight excluding hydrogens is 330 g/mol. The number of aromatic amines is 1. The van der Waals surface area contributed by atoms with Gasteiger partial charge in [0.25, 0.3) is 0 Å². The molecule has 9 heteroatoms. The highest BCUT2D eigenvalue weighted by molar-refractivity contribution is 6.35. The van der Waals surface area contributed by atoms with Crippen LogP contribution in [0.4, 0.5) is 11.6 Å². The summed E-state index contributed by atoms with van der Waals surface area (Å²) in [6.07, 6.45) is 6.24. The summed E-state index contributed by atoms with van der Waals surface area (Å²) in [4.78, 5) is 12.0. The van der Waals surface area contributed by atoms with Crippen LogP contribution in [0.25, 0.3) is 11.0 Å². The number of H-pyrrole nitrogens is 1. The number of nitrogens with zero attached hydrogens (tertiary/aromatic N) is 4. The third-order valence-electron chi connectivity index (χ3n) is 4.00. The van der Waals surface area contributed by atoms with Crippen LogP contribution in [0, 0.1) is 0 Å². The van der Waals surface area contributed by atoms with Gasteiger partial charge in [-0.25, -0.2) is 0 Å². The molecule has 0 spiro atoms. The highest BCUT2D eigenvalue weighted by Crippen LogP contribution is 2.32. The van der Waals surface area contributed by atoms with Gasteiger partial charge in [-0.3, -0.25) is 4.68 Å². The summed E-state index contributed by atoms with van der Waals surface area (Å²) in [6, 6.07) is 0.432. The second-order valence-electron chi connectivity index (χ2n) is 6.03. The lowest BCUT2D eigenvalue weighted by atomic mass is 10.2. The molecule has 126 valence electrons. The molecule has 1 fully saturated rings. The van der Waals surface area contributed by atoms with Crippen molar-refractivity contribution in [2.45, 2.75) is 25.5 Å². The van der Waals surface area contributed by atoms with Gasteiger partial charge in [0.1, 0.15) is 11.8 Å². The van der Waals surface area contributed by atoms with Crippen LogP contribution in [0.2, 0.25) is 5.02 Å². The molecule has 24 heavy (non-hydrogen) atoms. The number of hydrogen-bond acceptors (Lipinski definition) is 6. The van der Waals surface area contributed by atoms with E-state index in [9.17, 15) is 0 Å². The van der Waals surface area contributed by atoms with E-state index in [1.54, 1.807) is 17.1 Å². The first kappa shape index (κ1) is 15.2. The maximum atomic E-state index is 6.27. The van der Waals surface area contributed by atoms with E-state index in [4.69, 9.17) is 16.3 Å². The fourth-order valence-corrected chi connectivity index (χ4v) is 3.09. The van der Waals surface area contributed by atoms with E-state index in [1.807, 2.05) is 13.2 Å². The Kier molecular flexibility index (Phi) is 3.78. The first-order valence-electron chi connectivity index (χ1n) is 7.79. The summed E-state index contributed by atoms with van der Waals surface area (Å²) in [5, 5.41) is 11.9. The second-order valence-corrected chi connectivity index (χ2v) is 6.43. The summed E-state index contributed by atoms with van der Waals surface area (Å²) in [5.74, 6) is 0.918. The molecule has 8 nitrogen and oxygen atoms in total. The van der Waals surface area contributed by atoms with Gasteiger partial charge in [-0.05, 0) is 6.92 Å². The van der Waals surface area contributed by atoms with Gasteiger partial charge in [0, 0.05) is 38.4 Å². The fraction of sp³-hybridized carbons (Fsp3) is 0.400. The van der Waals surface area contributed by atoms with Crippen molar-refractivity contribution in [3.05, 3.63) is 23.6 Å². The van der Waals surface area contributed by atoms with Crippen molar-refractivity contribution < 1.29 is 4.74 Å². The number of aromatic nitrogens is 5. The number of halogens is 1. The predicted molar refractivity (Wildman–Crippen MR) is 91.9 cm³/mol. The minimum atomic E-state index is 0.0651. The Morgan fingerprint density at radius 1 is 1.42 bits per heavy atom. The molecule has 3 aromatic heterocycles. The van der Waals surface area contributed by atoms with Gasteiger partial charge in [-0.2, -0.15) is 15.1 Å². The Hall–Kier alpha value is -2.32. The predicted octanol–water partition coefficient (Wildman–Crippen LogP) is 2.22. The van der Waals surface area contributed by atoms with Gasteiger partial charge in [0.2, 0.25) is 11.8 Å². The van der Waals surface area contributed by atoms with E-state index < -0.39 is 0 Å². The van der Waals surface area contributed by atoms with Gasteiger partial charge in [-0.15, -0.1) is 0 Å². The molecule has 0 saturated carbocycles. The van der Waals surface area contributed by atoms with E-state index in [-0.39, 0.29) is 6.10 Å². The molecule has 3 N–H and O–H groups in total. The van der Waals surface area contributed by atoms with E-state index in [0.717, 1.165) is 18.7 Å². The quantitative estimate of drug-likeness (QED) is 0.670. The van der Waals surface area contributed by atoms with E-state index in [0.29, 0.717) is 33.9 Å². The van der Waals surface area contributed by atoms with Crippen molar-refractivity contribution in [2.75, 3.05) is 11.9 Å². The molecule has 2 atom stereocenters. The number of anilines is 2. The zero-order valence-electron chi connectivity index (χ0n) is 13.4. The Labute approximate surface area is 143 Å². The summed E-state index contributed by atoms with van der Waals surface area (Å²) in [7, 11) is 1.85. The van der Waals surface area contributed by atoms with Gasteiger partial charge < -0.3 is 20.4 Å². The Morgan fingerprint density at radius 3 is 3.00 bits per heavy atom. The lowest BCUT2D eigenvalue weighted by Crippen LogP contribution is -2.21. The standard InChI is InChI=1S/C15H18ClN7O/c1-8-3-10(5-17-8)24-14-12-11(16)6-18-13(12)21-15(22-14)20-9-4-19-23(2)7-9/h4,6-8,10,17H,3,5H2,1-2H3,(H2,18,20,21,22)/t8-,10+/m0/s1. The maximum absolute atomic E-state index is 6.27. The molecular formula is C15H18ClN7O. The van der Waals surface area contributed by atoms with Crippen LogP contribution in [0.5, 0.6) is 5.88 Å². The van der Waals surface area contributed by atoms with Crippen LogP contribution in [-0.2, 0) is 7.05 Å². The Morgan fingerprint density at radius 2 is 2.29 bits per heavy atom. The SMILES string of the molecule is C[C@H]1C[C@@H](Oc2nc(Nc3cnn(C)c3)nc3[nH]cc(Cl)c23)CN1. The van der Waals surface area contributed by atoms with Crippen molar-refractivity contribution in [3.8, 4) is 5.88 Å². The Bertz CT molecular complexity index is 874. The fourth-order valence-electron chi connectivity index (χ4n) is 2.86. The van der Waals surface area contributed by atoms with Crippen molar-refractivity contribution >= 4 is 34.3 Å². The average molecular weight is 348 g/mol. The lowest BCUT2D eigenvalue weighted by Gasteiger charge is -2.14. The van der Waals surface area contributed by atoms with Crippen LogP contribution in [0.15, 0.2) is 18.6 Å². The molecule has 3 aromatic rings. The molecule has 0 aliphatic carbocycles. The molecule has 4 heterocycles. The summed E-state index contributed by atoms with van der Waals surface area (Å²) in [5.41, 5.74) is 1.44. The zero-order valence-corrected chi connectivity index (χ0v) is 14.1. The summed E-state index contributed by atoms with van der Waals surface area (Å²) >= 11 is 6.27. The number of nitrogens with one attached hydrogen (secondary N) is 3. The van der Waals surface area contributed by atoms with Crippen LogP contribution >= 0.6 is 11.6 Å². The van der Waals surface area contributed by atoms with E-state index in [2.05, 4.69) is 37.6 Å². The molecule has 1 saturated heterocycles. The van der Waals surface area contributed by atoms with Gasteiger partial charge in [0.05, 0.1) is 22.3 Å². The zero-order chi connectivity index (χ0) is 16.7. The van der Waals surface area contributed by atoms with Crippen molar-refractivity contribution in [1.29, 1.82) is 0 Å².